The fourth-order valence-electron chi connectivity index (χ4n) is 3.84. The number of likely N-dealkylation sites (N-methyl/N-ethyl adjacent to an activating group) is 1. The second-order valence-electron chi connectivity index (χ2n) is 9.09. The highest BCUT2D eigenvalue weighted by Crippen LogP contribution is 2.29. The van der Waals surface area contributed by atoms with Crippen molar-refractivity contribution in [2.75, 3.05) is 58.9 Å². The molecule has 0 aliphatic heterocycles. The van der Waals surface area contributed by atoms with Crippen LogP contribution in [0.1, 0.15) is 22.5 Å². The number of fused-ring (bicyclic) bond motifs is 1. The number of hydrogen-bond acceptors (Lipinski definition) is 7. The minimum absolute atomic E-state index is 0.00233. The number of carbonyl (C=O) groups excluding carboxylic acids is 2. The normalized spacial score (nSPS) is 11.3. The van der Waals surface area contributed by atoms with E-state index in [1.807, 2.05) is 50.5 Å². The number of ether oxygens (including phenoxy) is 1. The van der Waals surface area contributed by atoms with Crippen molar-refractivity contribution in [2.24, 2.45) is 0 Å². The van der Waals surface area contributed by atoms with E-state index in [-0.39, 0.29) is 28.4 Å². The van der Waals surface area contributed by atoms with E-state index in [2.05, 4.69) is 20.6 Å². The summed E-state index contributed by atoms with van der Waals surface area (Å²) < 4.78 is 6.04. The first kappa shape index (κ1) is 27.0. The molecule has 0 bridgehead atoms. The molecular weight excluding hydrogens is 482 g/mol. The van der Waals surface area contributed by atoms with Gasteiger partial charge in [-0.3, -0.25) is 9.59 Å². The number of aryl methyl sites for hydroxylation is 1. The van der Waals surface area contributed by atoms with Crippen LogP contribution in [0.4, 0.5) is 11.6 Å². The van der Waals surface area contributed by atoms with E-state index < -0.39 is 5.91 Å². The zero-order valence-corrected chi connectivity index (χ0v) is 21.6. The number of carbonyl (C=O) groups is 2. The Morgan fingerprint density at radius 3 is 2.33 bits per heavy atom. The standard InChI is InChI=1S/C25H32ClN7O3/c1-33(2,15-13-30-25(35)21-23(27)32-24(28)22(26)31-21)14-12-29-20(34)11-9-16-8-10-19(36-3)18-7-5-4-6-17(16)18/h4-8,10H,9,11-15H2,1-3H3,(H5-,27,28,29,30,32,34,35)/p+1. The second kappa shape index (κ2) is 11.9. The number of anilines is 2. The molecule has 0 saturated carbocycles. The highest BCUT2D eigenvalue weighted by molar-refractivity contribution is 6.31. The fourth-order valence-corrected chi connectivity index (χ4v) is 3.97. The van der Waals surface area contributed by atoms with E-state index in [4.69, 9.17) is 27.8 Å². The number of quaternary nitrogens is 1. The van der Waals surface area contributed by atoms with Gasteiger partial charge in [-0.2, -0.15) is 0 Å². The first-order chi connectivity index (χ1) is 17.1. The summed E-state index contributed by atoms with van der Waals surface area (Å²) in [5.41, 5.74) is 12.3. The number of aromatic nitrogens is 2. The van der Waals surface area contributed by atoms with Gasteiger partial charge in [-0.15, -0.1) is 0 Å². The average Bonchev–Trinajstić information content (AvgIpc) is 2.84. The molecule has 0 atom stereocenters. The van der Waals surface area contributed by atoms with Gasteiger partial charge in [-0.05, 0) is 23.4 Å². The molecule has 0 fully saturated rings. The Hall–Kier alpha value is -3.63. The van der Waals surface area contributed by atoms with Gasteiger partial charge >= 0.3 is 0 Å². The first-order valence-corrected chi connectivity index (χ1v) is 12.0. The number of hydrogen-bond donors (Lipinski definition) is 4. The maximum Gasteiger partial charge on any atom is 0.273 e. The molecule has 10 nitrogen and oxygen atoms in total. The SMILES string of the molecule is COc1ccc(CCC(=O)NCC[N+](C)(C)CCNC(=O)c2nc(Cl)c(N)nc2N)c2ccccc12. The van der Waals surface area contributed by atoms with E-state index >= 15 is 0 Å². The largest absolute Gasteiger partial charge is 0.496 e. The van der Waals surface area contributed by atoms with Crippen LogP contribution in [0.3, 0.4) is 0 Å². The van der Waals surface area contributed by atoms with Crippen molar-refractivity contribution in [1.29, 1.82) is 0 Å². The Labute approximate surface area is 215 Å². The van der Waals surface area contributed by atoms with Crippen molar-refractivity contribution in [3.05, 3.63) is 52.8 Å². The van der Waals surface area contributed by atoms with Crippen LogP contribution in [0.25, 0.3) is 10.8 Å². The number of amides is 2. The van der Waals surface area contributed by atoms with Crippen LogP contribution in [0.5, 0.6) is 5.75 Å². The van der Waals surface area contributed by atoms with E-state index in [1.54, 1.807) is 7.11 Å². The van der Waals surface area contributed by atoms with Crippen molar-refractivity contribution < 1.29 is 18.8 Å². The summed E-state index contributed by atoms with van der Waals surface area (Å²) in [6.45, 7) is 2.24. The zero-order chi connectivity index (χ0) is 26.3. The maximum atomic E-state index is 12.5. The summed E-state index contributed by atoms with van der Waals surface area (Å²) in [5, 5.41) is 7.83. The lowest BCUT2D eigenvalue weighted by molar-refractivity contribution is -0.887. The van der Waals surface area contributed by atoms with Crippen molar-refractivity contribution in [2.45, 2.75) is 12.8 Å². The molecule has 0 aliphatic carbocycles. The highest BCUT2D eigenvalue weighted by Gasteiger charge is 2.19. The minimum Gasteiger partial charge on any atom is -0.496 e. The van der Waals surface area contributed by atoms with Crippen LogP contribution < -0.4 is 26.8 Å². The number of nitrogens with one attached hydrogen (secondary N) is 2. The predicted octanol–water partition coefficient (Wildman–Crippen LogP) is 2.01. The summed E-state index contributed by atoms with van der Waals surface area (Å²) >= 11 is 5.84. The van der Waals surface area contributed by atoms with Crippen molar-refractivity contribution in [3.63, 3.8) is 0 Å². The Bertz CT molecular complexity index is 1250. The third-order valence-electron chi connectivity index (χ3n) is 5.98. The summed E-state index contributed by atoms with van der Waals surface area (Å²) in [7, 11) is 5.70. The third kappa shape index (κ3) is 6.96. The fraction of sp³-hybridized carbons (Fsp3) is 0.360. The molecule has 0 unspecified atom stereocenters. The van der Waals surface area contributed by atoms with Crippen LogP contribution in [0.15, 0.2) is 36.4 Å². The Kier molecular flexibility index (Phi) is 8.89. The number of halogens is 1. The van der Waals surface area contributed by atoms with Crippen LogP contribution in [0.2, 0.25) is 5.15 Å². The summed E-state index contributed by atoms with van der Waals surface area (Å²) in [4.78, 5) is 32.5. The zero-order valence-electron chi connectivity index (χ0n) is 20.8. The number of nitrogen functional groups attached to an aromatic ring is 2. The van der Waals surface area contributed by atoms with Crippen LogP contribution >= 0.6 is 11.6 Å². The molecule has 11 heteroatoms. The molecule has 1 aromatic heterocycles. The average molecular weight is 515 g/mol. The number of methoxy groups -OCH3 is 1. The molecule has 0 spiro atoms. The quantitative estimate of drug-likeness (QED) is 0.286. The Morgan fingerprint density at radius 1 is 0.972 bits per heavy atom. The molecule has 2 aromatic carbocycles. The lowest BCUT2D eigenvalue weighted by atomic mass is 10.00. The summed E-state index contributed by atoms with van der Waals surface area (Å²) in [6.07, 6.45) is 1.04. The van der Waals surface area contributed by atoms with Gasteiger partial charge in [0.2, 0.25) is 5.91 Å². The van der Waals surface area contributed by atoms with Crippen LogP contribution in [-0.4, -0.2) is 73.6 Å². The molecule has 36 heavy (non-hydrogen) atoms. The molecule has 192 valence electrons. The van der Waals surface area contributed by atoms with Crippen molar-refractivity contribution in [1.82, 2.24) is 20.6 Å². The van der Waals surface area contributed by atoms with Gasteiger partial charge in [0.25, 0.3) is 5.91 Å². The van der Waals surface area contributed by atoms with Gasteiger partial charge in [0.05, 0.1) is 47.4 Å². The Balaban J connectivity index is 1.42. The third-order valence-corrected chi connectivity index (χ3v) is 6.26. The highest BCUT2D eigenvalue weighted by atomic mass is 35.5. The molecule has 3 rings (SSSR count). The predicted molar refractivity (Wildman–Crippen MR) is 142 cm³/mol. The van der Waals surface area contributed by atoms with E-state index in [1.165, 1.54) is 0 Å². The lowest BCUT2D eigenvalue weighted by Gasteiger charge is -2.30. The molecule has 6 N–H and O–H groups in total. The van der Waals surface area contributed by atoms with Gasteiger partial charge in [-0.25, -0.2) is 9.97 Å². The number of rotatable bonds is 11. The molecule has 0 radical (unpaired) electrons. The Morgan fingerprint density at radius 2 is 1.64 bits per heavy atom. The molecule has 1 heterocycles. The summed E-state index contributed by atoms with van der Waals surface area (Å²) in [5.74, 6) is 0.249. The van der Waals surface area contributed by atoms with Crippen molar-refractivity contribution in [3.8, 4) is 5.75 Å². The van der Waals surface area contributed by atoms with Crippen LogP contribution in [-0.2, 0) is 11.2 Å². The molecule has 2 amide bonds. The van der Waals surface area contributed by atoms with Gasteiger partial charge in [0.1, 0.15) is 5.75 Å². The van der Waals surface area contributed by atoms with E-state index in [0.717, 1.165) is 22.1 Å². The van der Waals surface area contributed by atoms with Crippen LogP contribution in [0, 0.1) is 0 Å². The minimum atomic E-state index is -0.471. The van der Waals surface area contributed by atoms with E-state index in [0.29, 0.717) is 43.5 Å². The second-order valence-corrected chi connectivity index (χ2v) is 9.45. The maximum absolute atomic E-state index is 12.5. The molecule has 0 aliphatic rings. The topological polar surface area (TPSA) is 145 Å². The molecule has 3 aromatic rings. The van der Waals surface area contributed by atoms with Gasteiger partial charge in [-0.1, -0.05) is 41.9 Å². The van der Waals surface area contributed by atoms with Crippen molar-refractivity contribution >= 4 is 45.8 Å². The number of nitrogens with two attached hydrogens (primary N) is 2. The first-order valence-electron chi connectivity index (χ1n) is 11.6. The van der Waals surface area contributed by atoms with Gasteiger partial charge < -0.3 is 31.3 Å². The number of nitrogens with zero attached hydrogens (tertiary/aromatic N) is 3. The smallest absolute Gasteiger partial charge is 0.273 e. The summed E-state index contributed by atoms with van der Waals surface area (Å²) in [6, 6.07) is 12.0. The molecular formula is C25H33ClN7O3+. The molecule has 0 saturated heterocycles. The van der Waals surface area contributed by atoms with Gasteiger partial charge in [0.15, 0.2) is 22.5 Å². The van der Waals surface area contributed by atoms with E-state index in [9.17, 15) is 9.59 Å². The van der Waals surface area contributed by atoms with Gasteiger partial charge in [0, 0.05) is 11.8 Å². The lowest BCUT2D eigenvalue weighted by Crippen LogP contribution is -2.49. The monoisotopic (exact) mass is 514 g/mol. The number of benzene rings is 2.